The lowest BCUT2D eigenvalue weighted by atomic mass is 10.1. The fraction of sp³-hybridized carbons (Fsp3) is 0.250. The van der Waals surface area contributed by atoms with Gasteiger partial charge in [0.25, 0.3) is 5.91 Å². The van der Waals surface area contributed by atoms with Crippen molar-refractivity contribution < 1.29 is 9.21 Å². The van der Waals surface area contributed by atoms with Crippen molar-refractivity contribution in [1.29, 1.82) is 0 Å². The minimum absolute atomic E-state index is 0.0457. The van der Waals surface area contributed by atoms with Gasteiger partial charge in [0.1, 0.15) is 5.58 Å². The molecule has 0 bridgehead atoms. The predicted molar refractivity (Wildman–Crippen MR) is 96.2 cm³/mol. The first-order valence-electron chi connectivity index (χ1n) is 7.30. The number of anilines is 1. The normalized spacial score (nSPS) is 11.0. The number of carbonyl (C=O) groups excluding carboxylic acids is 1. The van der Waals surface area contributed by atoms with Gasteiger partial charge in [-0.1, -0.05) is 30.0 Å². The molecule has 1 N–H and O–H groups in total. The standard InChI is InChI=1S/C16H15N3O3S2/c1-4-23-16-19-18-15(24-16)17-14(21)13-7-11(20)10-5-8(2)9(3)6-12(10)22-13/h5-7H,4H2,1-3H3,(H,17,18,21). The number of hydrogen-bond acceptors (Lipinski definition) is 7. The topological polar surface area (TPSA) is 85.1 Å². The molecule has 0 unspecified atom stereocenters. The second kappa shape index (κ2) is 6.74. The molecule has 0 spiro atoms. The maximum absolute atomic E-state index is 12.3. The number of nitrogens with one attached hydrogen (secondary N) is 1. The molecule has 3 aromatic rings. The Morgan fingerprint density at radius 1 is 1.25 bits per heavy atom. The number of carbonyl (C=O) groups is 1. The van der Waals surface area contributed by atoms with Gasteiger partial charge in [0.2, 0.25) is 5.13 Å². The number of rotatable bonds is 4. The fourth-order valence-electron chi connectivity index (χ4n) is 2.12. The van der Waals surface area contributed by atoms with Gasteiger partial charge in [-0.05, 0) is 42.9 Å². The Bertz CT molecular complexity index is 978. The van der Waals surface area contributed by atoms with Crippen molar-refractivity contribution in [3.63, 3.8) is 0 Å². The third-order valence-corrected chi connectivity index (χ3v) is 5.32. The van der Waals surface area contributed by atoms with Gasteiger partial charge in [0.15, 0.2) is 15.5 Å². The number of thioether (sulfide) groups is 1. The first kappa shape index (κ1) is 16.7. The van der Waals surface area contributed by atoms with E-state index in [-0.39, 0.29) is 11.2 Å². The van der Waals surface area contributed by atoms with Crippen LogP contribution in [-0.2, 0) is 0 Å². The molecule has 0 saturated carbocycles. The predicted octanol–water partition coefficient (Wildman–Crippen LogP) is 3.63. The summed E-state index contributed by atoms with van der Waals surface area (Å²) in [6.45, 7) is 5.86. The SMILES string of the molecule is CCSc1nnc(NC(=O)c2cc(=O)c3cc(C)c(C)cc3o2)s1. The van der Waals surface area contributed by atoms with E-state index in [0.717, 1.165) is 21.2 Å². The van der Waals surface area contributed by atoms with Crippen molar-refractivity contribution in [2.45, 2.75) is 25.1 Å². The molecule has 0 atom stereocenters. The van der Waals surface area contributed by atoms with Gasteiger partial charge in [-0.2, -0.15) is 0 Å². The molecule has 0 fully saturated rings. The lowest BCUT2D eigenvalue weighted by molar-refractivity contribution is 0.0997. The van der Waals surface area contributed by atoms with Crippen LogP contribution in [0.1, 0.15) is 28.6 Å². The molecule has 2 aromatic heterocycles. The molecular weight excluding hydrogens is 346 g/mol. The number of amides is 1. The Hall–Kier alpha value is -2.19. The van der Waals surface area contributed by atoms with E-state index in [1.165, 1.54) is 17.4 Å². The molecule has 2 heterocycles. The van der Waals surface area contributed by atoms with Crippen LogP contribution in [0.25, 0.3) is 11.0 Å². The molecule has 0 aliphatic rings. The summed E-state index contributed by atoms with van der Waals surface area (Å²) in [6, 6.07) is 4.75. The molecule has 1 aromatic carbocycles. The average molecular weight is 361 g/mol. The molecule has 3 rings (SSSR count). The number of hydrogen-bond donors (Lipinski definition) is 1. The molecule has 0 saturated heterocycles. The van der Waals surface area contributed by atoms with Gasteiger partial charge in [-0.3, -0.25) is 14.9 Å². The van der Waals surface area contributed by atoms with Gasteiger partial charge in [-0.15, -0.1) is 10.2 Å². The van der Waals surface area contributed by atoms with E-state index in [1.807, 2.05) is 20.8 Å². The minimum atomic E-state index is -0.517. The average Bonchev–Trinajstić information content (AvgIpc) is 2.96. The second-order valence-corrected chi connectivity index (χ2v) is 7.66. The van der Waals surface area contributed by atoms with Crippen molar-refractivity contribution in [1.82, 2.24) is 10.2 Å². The number of aryl methyl sites for hydroxylation is 2. The van der Waals surface area contributed by atoms with Crippen LogP contribution in [0.15, 0.2) is 31.8 Å². The summed E-state index contributed by atoms with van der Waals surface area (Å²) in [5.41, 5.74) is 2.15. The van der Waals surface area contributed by atoms with E-state index >= 15 is 0 Å². The largest absolute Gasteiger partial charge is 0.451 e. The maximum atomic E-state index is 12.3. The molecule has 8 heteroatoms. The van der Waals surface area contributed by atoms with Crippen LogP contribution in [0, 0.1) is 13.8 Å². The third kappa shape index (κ3) is 3.34. The van der Waals surface area contributed by atoms with Crippen LogP contribution >= 0.6 is 23.1 Å². The molecule has 1 amide bonds. The van der Waals surface area contributed by atoms with E-state index in [2.05, 4.69) is 15.5 Å². The highest BCUT2D eigenvalue weighted by Crippen LogP contribution is 2.25. The maximum Gasteiger partial charge on any atom is 0.293 e. The van der Waals surface area contributed by atoms with Gasteiger partial charge >= 0.3 is 0 Å². The van der Waals surface area contributed by atoms with Crippen LogP contribution in [-0.4, -0.2) is 21.9 Å². The van der Waals surface area contributed by atoms with E-state index in [0.29, 0.717) is 16.1 Å². The third-order valence-electron chi connectivity index (χ3n) is 3.46. The molecule has 0 aliphatic carbocycles. The second-order valence-electron chi connectivity index (χ2n) is 5.17. The van der Waals surface area contributed by atoms with Crippen molar-refractivity contribution in [3.05, 3.63) is 45.3 Å². The Morgan fingerprint density at radius 2 is 2.00 bits per heavy atom. The molecule has 0 radical (unpaired) electrons. The summed E-state index contributed by atoms with van der Waals surface area (Å²) in [4.78, 5) is 24.6. The molecular formula is C16H15N3O3S2. The zero-order valence-corrected chi connectivity index (χ0v) is 15.0. The Labute approximate surface area is 146 Å². The van der Waals surface area contributed by atoms with E-state index < -0.39 is 5.91 Å². The van der Waals surface area contributed by atoms with Gasteiger partial charge < -0.3 is 4.42 Å². The van der Waals surface area contributed by atoms with Gasteiger partial charge in [-0.25, -0.2) is 0 Å². The van der Waals surface area contributed by atoms with Gasteiger partial charge in [0, 0.05) is 6.07 Å². The molecule has 124 valence electrons. The highest BCUT2D eigenvalue weighted by atomic mass is 32.2. The first-order valence-corrected chi connectivity index (χ1v) is 9.11. The van der Waals surface area contributed by atoms with Crippen LogP contribution in [0.2, 0.25) is 0 Å². The smallest absolute Gasteiger partial charge is 0.293 e. The monoisotopic (exact) mass is 361 g/mol. The molecule has 0 aliphatic heterocycles. The highest BCUT2D eigenvalue weighted by molar-refractivity contribution is 8.01. The summed E-state index contributed by atoms with van der Waals surface area (Å²) in [6.07, 6.45) is 0. The van der Waals surface area contributed by atoms with Gasteiger partial charge in [0.05, 0.1) is 5.39 Å². The highest BCUT2D eigenvalue weighted by Gasteiger charge is 2.15. The lowest BCUT2D eigenvalue weighted by Gasteiger charge is -2.05. The number of aromatic nitrogens is 2. The van der Waals surface area contributed by atoms with Crippen molar-refractivity contribution in [3.8, 4) is 0 Å². The Balaban J connectivity index is 1.91. The van der Waals surface area contributed by atoms with Crippen molar-refractivity contribution in [2.75, 3.05) is 11.1 Å². The quantitative estimate of drug-likeness (QED) is 0.564. The zero-order chi connectivity index (χ0) is 17.3. The summed E-state index contributed by atoms with van der Waals surface area (Å²) >= 11 is 2.83. The van der Waals surface area contributed by atoms with Crippen LogP contribution in [0.5, 0.6) is 0 Å². The Morgan fingerprint density at radius 3 is 2.75 bits per heavy atom. The number of fused-ring (bicyclic) bond motifs is 1. The Kier molecular flexibility index (Phi) is 4.68. The fourth-order valence-corrected chi connectivity index (χ4v) is 3.77. The number of nitrogens with zero attached hydrogens (tertiary/aromatic N) is 2. The van der Waals surface area contributed by atoms with E-state index in [4.69, 9.17) is 4.42 Å². The van der Waals surface area contributed by atoms with Crippen molar-refractivity contribution in [2.24, 2.45) is 0 Å². The lowest BCUT2D eigenvalue weighted by Crippen LogP contribution is -2.15. The van der Waals surface area contributed by atoms with E-state index in [1.54, 1.807) is 23.9 Å². The zero-order valence-electron chi connectivity index (χ0n) is 13.4. The van der Waals surface area contributed by atoms with E-state index in [9.17, 15) is 9.59 Å². The summed E-state index contributed by atoms with van der Waals surface area (Å²) in [7, 11) is 0. The molecule has 6 nitrogen and oxygen atoms in total. The van der Waals surface area contributed by atoms with Crippen LogP contribution in [0.3, 0.4) is 0 Å². The number of benzene rings is 1. The van der Waals surface area contributed by atoms with Crippen LogP contribution in [0.4, 0.5) is 5.13 Å². The first-order chi connectivity index (χ1) is 11.5. The summed E-state index contributed by atoms with van der Waals surface area (Å²) in [5.74, 6) is 0.313. The summed E-state index contributed by atoms with van der Waals surface area (Å²) < 4.78 is 6.38. The summed E-state index contributed by atoms with van der Waals surface area (Å²) in [5, 5.41) is 11.3. The van der Waals surface area contributed by atoms with Crippen LogP contribution < -0.4 is 10.7 Å². The minimum Gasteiger partial charge on any atom is -0.451 e. The van der Waals surface area contributed by atoms with Crippen molar-refractivity contribution >= 4 is 45.1 Å². The molecule has 24 heavy (non-hydrogen) atoms.